The molecule has 0 heterocycles. The van der Waals surface area contributed by atoms with Crippen LogP contribution in [-0.2, 0) is 5.41 Å². The molecule has 2 nitrogen and oxygen atoms in total. The third-order valence-electron chi connectivity index (χ3n) is 10.6. The Kier molecular flexibility index (Phi) is 10.2. The first-order chi connectivity index (χ1) is 25.5. The van der Waals surface area contributed by atoms with Crippen LogP contribution in [0, 0.1) is 0 Å². The molecule has 1 aliphatic carbocycles. The maximum Gasteiger partial charge on any atom is 0.0462 e. The van der Waals surface area contributed by atoms with Crippen molar-refractivity contribution in [2.75, 3.05) is 9.80 Å². The van der Waals surface area contributed by atoms with Gasteiger partial charge in [0.2, 0.25) is 0 Å². The molecule has 1 saturated carbocycles. The largest absolute Gasteiger partial charge is 0.311 e. The van der Waals surface area contributed by atoms with Crippen molar-refractivity contribution in [3.8, 4) is 0 Å². The Morgan fingerprint density at radius 3 is 0.788 bits per heavy atom. The van der Waals surface area contributed by atoms with E-state index in [-0.39, 0.29) is 5.41 Å². The van der Waals surface area contributed by atoms with E-state index < -0.39 is 0 Å². The van der Waals surface area contributed by atoms with E-state index in [2.05, 4.69) is 182 Å². The van der Waals surface area contributed by atoms with E-state index in [0.29, 0.717) is 0 Å². The quantitative estimate of drug-likeness (QED) is 0.127. The summed E-state index contributed by atoms with van der Waals surface area (Å²) in [5.74, 6) is 0. The third kappa shape index (κ3) is 6.93. The Balaban J connectivity index is 1.25. The van der Waals surface area contributed by atoms with Crippen LogP contribution in [0.15, 0.2) is 172 Å². The highest BCUT2D eigenvalue weighted by Crippen LogP contribution is 2.47. The summed E-state index contributed by atoms with van der Waals surface area (Å²) >= 11 is 0. The lowest BCUT2D eigenvalue weighted by Crippen LogP contribution is -2.30. The van der Waals surface area contributed by atoms with Crippen molar-refractivity contribution in [1.29, 1.82) is 0 Å². The molecule has 0 N–H and O–H groups in total. The highest BCUT2D eigenvalue weighted by atomic mass is 15.1. The predicted octanol–water partition coefficient (Wildman–Crippen LogP) is 14.4. The van der Waals surface area contributed by atoms with Gasteiger partial charge in [0.15, 0.2) is 0 Å². The number of hydrogen-bond donors (Lipinski definition) is 0. The minimum absolute atomic E-state index is 0.0423. The summed E-state index contributed by atoms with van der Waals surface area (Å²) in [6.45, 7) is 15.8. The van der Waals surface area contributed by atoms with Gasteiger partial charge in [0.1, 0.15) is 0 Å². The van der Waals surface area contributed by atoms with Crippen LogP contribution in [-0.4, -0.2) is 0 Å². The first kappa shape index (κ1) is 34.3. The fourth-order valence-corrected chi connectivity index (χ4v) is 7.69. The SMILES string of the molecule is C=Cc1ccc(N(c2ccc(C=C)cc2)c2ccc(C3(c4ccc(N(c5ccc(C=C)cc5)c5ccc(C=C)cc5)cc4)CCCCC3)cc2)cc1. The summed E-state index contributed by atoms with van der Waals surface area (Å²) in [5.41, 5.74) is 13.8. The summed E-state index contributed by atoms with van der Waals surface area (Å²) < 4.78 is 0. The summed E-state index contributed by atoms with van der Waals surface area (Å²) in [5, 5.41) is 0. The van der Waals surface area contributed by atoms with Gasteiger partial charge in [-0.15, -0.1) is 0 Å². The Morgan fingerprint density at radius 2 is 0.558 bits per heavy atom. The van der Waals surface area contributed by atoms with Crippen LogP contribution in [0.2, 0.25) is 0 Å². The minimum Gasteiger partial charge on any atom is -0.311 e. The van der Waals surface area contributed by atoms with Crippen molar-refractivity contribution in [2.24, 2.45) is 0 Å². The molecule has 7 rings (SSSR count). The van der Waals surface area contributed by atoms with Gasteiger partial charge in [-0.3, -0.25) is 0 Å². The molecule has 0 atom stereocenters. The van der Waals surface area contributed by atoms with Crippen LogP contribution >= 0.6 is 0 Å². The molecule has 0 bridgehead atoms. The van der Waals surface area contributed by atoms with Crippen molar-refractivity contribution in [3.63, 3.8) is 0 Å². The van der Waals surface area contributed by atoms with Crippen LogP contribution in [0.1, 0.15) is 65.5 Å². The lowest BCUT2D eigenvalue weighted by molar-refractivity contribution is 0.346. The van der Waals surface area contributed by atoms with Crippen molar-refractivity contribution in [2.45, 2.75) is 37.5 Å². The van der Waals surface area contributed by atoms with Gasteiger partial charge in [0.25, 0.3) is 0 Å². The summed E-state index contributed by atoms with van der Waals surface area (Å²) in [6, 6.07) is 53.0. The Morgan fingerprint density at radius 1 is 0.327 bits per heavy atom. The maximum absolute atomic E-state index is 3.95. The summed E-state index contributed by atoms with van der Waals surface area (Å²) in [7, 11) is 0. The van der Waals surface area contributed by atoms with Crippen LogP contribution < -0.4 is 9.80 Å². The molecule has 6 aromatic rings. The average molecular weight is 675 g/mol. The van der Waals surface area contributed by atoms with Gasteiger partial charge in [-0.25, -0.2) is 0 Å². The molecule has 256 valence electrons. The zero-order valence-electron chi connectivity index (χ0n) is 29.9. The molecule has 0 aromatic heterocycles. The molecule has 0 aliphatic heterocycles. The topological polar surface area (TPSA) is 6.48 Å². The van der Waals surface area contributed by atoms with Crippen molar-refractivity contribution in [3.05, 3.63) is 205 Å². The predicted molar refractivity (Wildman–Crippen MR) is 226 cm³/mol. The molecule has 1 aliphatic rings. The monoisotopic (exact) mass is 674 g/mol. The van der Waals surface area contributed by atoms with Crippen LogP contribution in [0.4, 0.5) is 34.1 Å². The molecule has 52 heavy (non-hydrogen) atoms. The fraction of sp³-hybridized carbons (Fsp3) is 0.120. The van der Waals surface area contributed by atoms with E-state index in [1.54, 1.807) is 0 Å². The first-order valence-corrected chi connectivity index (χ1v) is 18.3. The van der Waals surface area contributed by atoms with Crippen molar-refractivity contribution < 1.29 is 0 Å². The summed E-state index contributed by atoms with van der Waals surface area (Å²) in [4.78, 5) is 4.65. The van der Waals surface area contributed by atoms with Gasteiger partial charge in [-0.1, -0.05) is 143 Å². The lowest BCUT2D eigenvalue weighted by atomic mass is 9.65. The second-order valence-corrected chi connectivity index (χ2v) is 13.6. The number of anilines is 6. The molecule has 0 unspecified atom stereocenters. The molecular weight excluding hydrogens is 629 g/mol. The lowest BCUT2D eigenvalue weighted by Gasteiger charge is -2.39. The zero-order chi connectivity index (χ0) is 35.9. The van der Waals surface area contributed by atoms with Gasteiger partial charge < -0.3 is 9.80 Å². The van der Waals surface area contributed by atoms with Gasteiger partial charge in [0.05, 0.1) is 0 Å². The molecular formula is C50H46N2. The van der Waals surface area contributed by atoms with Gasteiger partial charge in [-0.05, 0) is 119 Å². The van der Waals surface area contributed by atoms with E-state index >= 15 is 0 Å². The molecule has 0 amide bonds. The fourth-order valence-electron chi connectivity index (χ4n) is 7.69. The van der Waals surface area contributed by atoms with E-state index in [0.717, 1.165) is 69.2 Å². The van der Waals surface area contributed by atoms with Crippen molar-refractivity contribution >= 4 is 58.4 Å². The van der Waals surface area contributed by atoms with Crippen LogP contribution in [0.5, 0.6) is 0 Å². The zero-order valence-corrected chi connectivity index (χ0v) is 29.9. The van der Waals surface area contributed by atoms with E-state index in [1.807, 2.05) is 24.3 Å². The van der Waals surface area contributed by atoms with E-state index in [1.165, 1.54) is 30.4 Å². The number of rotatable bonds is 12. The number of nitrogens with zero attached hydrogens (tertiary/aromatic N) is 2. The minimum atomic E-state index is -0.0423. The Hall–Kier alpha value is -6.12. The van der Waals surface area contributed by atoms with E-state index in [9.17, 15) is 0 Å². The molecule has 0 spiro atoms. The summed E-state index contributed by atoms with van der Waals surface area (Å²) in [6.07, 6.45) is 13.5. The number of benzene rings is 6. The Labute approximate surface area is 310 Å². The van der Waals surface area contributed by atoms with Gasteiger partial charge in [0, 0.05) is 39.5 Å². The van der Waals surface area contributed by atoms with Gasteiger partial charge >= 0.3 is 0 Å². The average Bonchev–Trinajstić information content (AvgIpc) is 3.23. The smallest absolute Gasteiger partial charge is 0.0462 e. The molecule has 0 radical (unpaired) electrons. The molecule has 1 fully saturated rings. The highest BCUT2D eigenvalue weighted by Gasteiger charge is 2.36. The third-order valence-corrected chi connectivity index (χ3v) is 10.6. The normalized spacial score (nSPS) is 13.5. The highest BCUT2D eigenvalue weighted by molar-refractivity contribution is 5.79. The van der Waals surface area contributed by atoms with Crippen LogP contribution in [0.3, 0.4) is 0 Å². The standard InChI is InChI=1S/C50H46N2/c1-5-38-12-24-44(25-13-38)51(45-26-14-39(6-2)15-27-45)48-32-20-42(21-33-48)50(36-10-9-11-37-50)43-22-34-49(35-23-43)52(46-28-16-40(7-3)17-29-46)47-30-18-41(8-4)19-31-47/h5-8,12-35H,1-4,9-11,36-37H2. The Bertz CT molecular complexity index is 1870. The van der Waals surface area contributed by atoms with E-state index in [4.69, 9.17) is 0 Å². The molecule has 0 saturated heterocycles. The molecule has 6 aromatic carbocycles. The van der Waals surface area contributed by atoms with Crippen LogP contribution in [0.25, 0.3) is 24.3 Å². The first-order valence-electron chi connectivity index (χ1n) is 18.3. The number of hydrogen-bond acceptors (Lipinski definition) is 2. The second kappa shape index (κ2) is 15.4. The van der Waals surface area contributed by atoms with Gasteiger partial charge in [-0.2, -0.15) is 0 Å². The van der Waals surface area contributed by atoms with Crippen molar-refractivity contribution in [1.82, 2.24) is 0 Å². The second-order valence-electron chi connectivity index (χ2n) is 13.6. The molecule has 2 heteroatoms. The maximum atomic E-state index is 3.95.